The van der Waals surface area contributed by atoms with Gasteiger partial charge in [0.1, 0.15) is 12.1 Å². The lowest BCUT2D eigenvalue weighted by Gasteiger charge is -2.39. The molecule has 0 bridgehead atoms. The fraction of sp³-hybridized carbons (Fsp3) is 0.562. The van der Waals surface area contributed by atoms with Gasteiger partial charge in [0.2, 0.25) is 11.8 Å². The lowest BCUT2D eigenvalue weighted by atomic mass is 10.00. The molecule has 1 aromatic rings. The third-order valence-electron chi connectivity index (χ3n) is 4.22. The van der Waals surface area contributed by atoms with Crippen molar-refractivity contribution in [1.29, 1.82) is 0 Å². The van der Waals surface area contributed by atoms with Crippen LogP contribution in [0.25, 0.3) is 0 Å². The SMILES string of the molecule is CCCC1NC(=O)C(C2CC2)N(Cc2cccnc2)C1=O. The third kappa shape index (κ3) is 2.91. The number of nitrogens with zero attached hydrogens (tertiary/aromatic N) is 2. The van der Waals surface area contributed by atoms with Crippen molar-refractivity contribution in [2.24, 2.45) is 5.92 Å². The van der Waals surface area contributed by atoms with E-state index in [1.54, 1.807) is 17.3 Å². The molecule has 0 aromatic carbocycles. The summed E-state index contributed by atoms with van der Waals surface area (Å²) in [5.74, 6) is 0.393. The molecule has 1 N–H and O–H groups in total. The predicted octanol–water partition coefficient (Wildman–Crippen LogP) is 1.49. The van der Waals surface area contributed by atoms with Crippen LogP contribution >= 0.6 is 0 Å². The second-order valence-electron chi connectivity index (χ2n) is 5.96. The standard InChI is InChI=1S/C16H21N3O2/c1-2-4-13-16(21)19(10-11-5-3-8-17-9-11)14(12-6-7-12)15(20)18-13/h3,5,8-9,12-14H,2,4,6-7,10H2,1H3,(H,18,20). The molecule has 2 heterocycles. The summed E-state index contributed by atoms with van der Waals surface area (Å²) in [4.78, 5) is 31.0. The van der Waals surface area contributed by atoms with E-state index in [9.17, 15) is 9.59 Å². The van der Waals surface area contributed by atoms with Crippen LogP contribution in [0.1, 0.15) is 38.2 Å². The van der Waals surface area contributed by atoms with Crippen molar-refractivity contribution in [2.45, 2.75) is 51.2 Å². The maximum atomic E-state index is 12.7. The Hall–Kier alpha value is -1.91. The number of hydrogen-bond acceptors (Lipinski definition) is 3. The van der Waals surface area contributed by atoms with Crippen LogP contribution in [0.4, 0.5) is 0 Å². The van der Waals surface area contributed by atoms with Crippen LogP contribution < -0.4 is 5.32 Å². The zero-order valence-corrected chi connectivity index (χ0v) is 12.3. The largest absolute Gasteiger partial charge is 0.342 e. The number of piperazine rings is 1. The number of amides is 2. The highest BCUT2D eigenvalue weighted by atomic mass is 16.2. The number of aromatic nitrogens is 1. The molecule has 0 radical (unpaired) electrons. The fourth-order valence-electron chi connectivity index (χ4n) is 3.03. The molecular weight excluding hydrogens is 266 g/mol. The zero-order chi connectivity index (χ0) is 14.8. The second kappa shape index (κ2) is 5.84. The lowest BCUT2D eigenvalue weighted by molar-refractivity contribution is -0.151. The maximum absolute atomic E-state index is 12.7. The van der Waals surface area contributed by atoms with Gasteiger partial charge in [-0.15, -0.1) is 0 Å². The van der Waals surface area contributed by atoms with Gasteiger partial charge in [0.25, 0.3) is 0 Å². The van der Waals surface area contributed by atoms with E-state index in [4.69, 9.17) is 0 Å². The van der Waals surface area contributed by atoms with Crippen molar-refractivity contribution in [1.82, 2.24) is 15.2 Å². The smallest absolute Gasteiger partial charge is 0.246 e. The summed E-state index contributed by atoms with van der Waals surface area (Å²) in [5, 5.41) is 2.91. The van der Waals surface area contributed by atoms with E-state index in [0.29, 0.717) is 18.9 Å². The monoisotopic (exact) mass is 287 g/mol. The highest BCUT2D eigenvalue weighted by Gasteiger charge is 2.47. The van der Waals surface area contributed by atoms with Crippen molar-refractivity contribution in [3.63, 3.8) is 0 Å². The summed E-state index contributed by atoms with van der Waals surface area (Å²) in [7, 11) is 0. The molecule has 1 saturated carbocycles. The average Bonchev–Trinajstić information content (AvgIpc) is 3.30. The number of carbonyl (C=O) groups is 2. The summed E-state index contributed by atoms with van der Waals surface area (Å²) < 4.78 is 0. The van der Waals surface area contributed by atoms with E-state index in [1.807, 2.05) is 19.1 Å². The molecule has 5 heteroatoms. The van der Waals surface area contributed by atoms with Gasteiger partial charge < -0.3 is 10.2 Å². The normalized spacial score (nSPS) is 25.9. The summed E-state index contributed by atoms with van der Waals surface area (Å²) in [6.45, 7) is 2.50. The fourth-order valence-corrected chi connectivity index (χ4v) is 3.03. The van der Waals surface area contributed by atoms with Crippen LogP contribution in [0, 0.1) is 5.92 Å². The second-order valence-corrected chi connectivity index (χ2v) is 5.96. The highest BCUT2D eigenvalue weighted by Crippen LogP contribution is 2.37. The van der Waals surface area contributed by atoms with Crippen LogP contribution in [-0.2, 0) is 16.1 Å². The Morgan fingerprint density at radius 3 is 2.81 bits per heavy atom. The quantitative estimate of drug-likeness (QED) is 0.892. The van der Waals surface area contributed by atoms with Gasteiger partial charge in [-0.3, -0.25) is 14.6 Å². The molecule has 112 valence electrons. The van der Waals surface area contributed by atoms with E-state index < -0.39 is 0 Å². The van der Waals surface area contributed by atoms with Gasteiger partial charge in [-0.1, -0.05) is 19.4 Å². The summed E-state index contributed by atoms with van der Waals surface area (Å²) in [5.41, 5.74) is 0.974. The Labute approximate surface area is 124 Å². The van der Waals surface area contributed by atoms with E-state index in [0.717, 1.165) is 24.8 Å². The first-order chi connectivity index (χ1) is 10.2. The van der Waals surface area contributed by atoms with Gasteiger partial charge in [-0.05, 0) is 36.8 Å². The zero-order valence-electron chi connectivity index (χ0n) is 12.3. The summed E-state index contributed by atoms with van der Waals surface area (Å²) >= 11 is 0. The predicted molar refractivity (Wildman–Crippen MR) is 78.1 cm³/mol. The minimum atomic E-state index is -0.367. The van der Waals surface area contributed by atoms with Gasteiger partial charge in [-0.25, -0.2) is 0 Å². The molecule has 2 fully saturated rings. The van der Waals surface area contributed by atoms with E-state index >= 15 is 0 Å². The molecule has 1 aliphatic carbocycles. The Bertz CT molecular complexity index is 528. The van der Waals surface area contributed by atoms with Crippen LogP contribution in [0.15, 0.2) is 24.5 Å². The number of hydrogen-bond donors (Lipinski definition) is 1. The van der Waals surface area contributed by atoms with E-state index in [2.05, 4.69) is 10.3 Å². The first-order valence-electron chi connectivity index (χ1n) is 7.70. The van der Waals surface area contributed by atoms with Crippen molar-refractivity contribution in [3.8, 4) is 0 Å². The number of rotatable bonds is 5. The lowest BCUT2D eigenvalue weighted by Crippen LogP contribution is -2.63. The Morgan fingerprint density at radius 2 is 2.19 bits per heavy atom. The molecule has 1 saturated heterocycles. The molecule has 0 spiro atoms. The minimum Gasteiger partial charge on any atom is -0.342 e. The van der Waals surface area contributed by atoms with Crippen molar-refractivity contribution >= 4 is 11.8 Å². The topological polar surface area (TPSA) is 62.3 Å². The average molecular weight is 287 g/mol. The maximum Gasteiger partial charge on any atom is 0.246 e. The molecule has 3 rings (SSSR count). The molecule has 2 atom stereocenters. The van der Waals surface area contributed by atoms with Crippen LogP contribution in [0.5, 0.6) is 0 Å². The highest BCUT2D eigenvalue weighted by molar-refractivity contribution is 5.97. The van der Waals surface area contributed by atoms with Gasteiger partial charge in [-0.2, -0.15) is 0 Å². The van der Waals surface area contributed by atoms with Gasteiger partial charge in [0, 0.05) is 18.9 Å². The molecular formula is C16H21N3O2. The summed E-state index contributed by atoms with van der Waals surface area (Å²) in [6.07, 6.45) is 7.13. The molecule has 2 unspecified atom stereocenters. The van der Waals surface area contributed by atoms with Crippen LogP contribution in [0.2, 0.25) is 0 Å². The minimum absolute atomic E-state index is 0.0134. The Kier molecular flexibility index (Phi) is 3.90. The Morgan fingerprint density at radius 1 is 1.38 bits per heavy atom. The van der Waals surface area contributed by atoms with Crippen molar-refractivity contribution in [3.05, 3.63) is 30.1 Å². The van der Waals surface area contributed by atoms with Crippen LogP contribution in [0.3, 0.4) is 0 Å². The molecule has 2 aliphatic rings. The number of carbonyl (C=O) groups excluding carboxylic acids is 2. The molecule has 1 aromatic heterocycles. The first-order valence-corrected chi connectivity index (χ1v) is 7.70. The third-order valence-corrected chi connectivity index (χ3v) is 4.22. The molecule has 2 amide bonds. The van der Waals surface area contributed by atoms with Crippen LogP contribution in [-0.4, -0.2) is 33.8 Å². The molecule has 21 heavy (non-hydrogen) atoms. The first kappa shape index (κ1) is 14.0. The summed E-state index contributed by atoms with van der Waals surface area (Å²) in [6, 6.07) is 3.14. The van der Waals surface area contributed by atoms with E-state index in [1.165, 1.54) is 0 Å². The van der Waals surface area contributed by atoms with Crippen molar-refractivity contribution < 1.29 is 9.59 Å². The molecule has 5 nitrogen and oxygen atoms in total. The molecule has 1 aliphatic heterocycles. The Balaban J connectivity index is 1.83. The van der Waals surface area contributed by atoms with Gasteiger partial charge >= 0.3 is 0 Å². The van der Waals surface area contributed by atoms with Gasteiger partial charge in [0.05, 0.1) is 0 Å². The van der Waals surface area contributed by atoms with E-state index in [-0.39, 0.29) is 23.9 Å². The number of nitrogens with one attached hydrogen (secondary N) is 1. The van der Waals surface area contributed by atoms with Gasteiger partial charge in [0.15, 0.2) is 0 Å². The van der Waals surface area contributed by atoms with Crippen molar-refractivity contribution in [2.75, 3.05) is 0 Å². The number of pyridine rings is 1.